The predicted octanol–water partition coefficient (Wildman–Crippen LogP) is 5.97. The normalized spacial score (nSPS) is 16.0. The molecule has 1 N–H and O–H groups in total. The van der Waals surface area contributed by atoms with Crippen LogP contribution in [0.3, 0.4) is 0 Å². The van der Waals surface area contributed by atoms with Crippen LogP contribution in [0.1, 0.15) is 49.8 Å². The Balaban J connectivity index is 1.45. The summed E-state index contributed by atoms with van der Waals surface area (Å²) in [7, 11) is 0. The van der Waals surface area contributed by atoms with Gasteiger partial charge in [0.2, 0.25) is 5.17 Å². The van der Waals surface area contributed by atoms with E-state index in [4.69, 9.17) is 19.6 Å². The number of hydrogen-bond acceptors (Lipinski definition) is 7. The molecule has 2 aliphatic heterocycles. The molecule has 2 aliphatic rings. The highest BCUT2D eigenvalue weighted by molar-refractivity contribution is 8.26. The van der Waals surface area contributed by atoms with Gasteiger partial charge in [-0.1, -0.05) is 25.5 Å². The van der Waals surface area contributed by atoms with Crippen LogP contribution in [-0.4, -0.2) is 46.8 Å². The Bertz CT molecular complexity index is 1260. The lowest BCUT2D eigenvalue weighted by Gasteiger charge is -2.20. The minimum Gasteiger partial charge on any atom is -0.490 e. The Morgan fingerprint density at radius 1 is 1.00 bits per heavy atom. The molecule has 0 spiro atoms. The van der Waals surface area contributed by atoms with Crippen molar-refractivity contribution in [2.45, 2.75) is 47.0 Å². The van der Waals surface area contributed by atoms with E-state index < -0.39 is 5.91 Å². The average Bonchev–Trinajstić information content (AvgIpc) is 3.26. The molecule has 0 aromatic heterocycles. The highest BCUT2D eigenvalue weighted by Gasteiger charge is 2.35. The smallest absolute Gasteiger partial charge is 0.283 e. The van der Waals surface area contributed by atoms with Crippen molar-refractivity contribution >= 4 is 39.8 Å². The van der Waals surface area contributed by atoms with Crippen molar-refractivity contribution in [3.05, 3.63) is 58.7 Å². The first-order valence-corrected chi connectivity index (χ1v) is 13.3. The third-order valence-electron chi connectivity index (χ3n) is 5.62. The summed E-state index contributed by atoms with van der Waals surface area (Å²) in [5.41, 5.74) is 3.19. The Kier molecular flexibility index (Phi) is 8.66. The highest BCUT2D eigenvalue weighted by Crippen LogP contribution is 2.32. The van der Waals surface area contributed by atoms with Crippen LogP contribution in [-0.2, 0) is 4.79 Å². The summed E-state index contributed by atoms with van der Waals surface area (Å²) >= 11 is 1.36. The zero-order chi connectivity index (χ0) is 26.4. The van der Waals surface area contributed by atoms with Gasteiger partial charge in [-0.25, -0.2) is 0 Å². The van der Waals surface area contributed by atoms with E-state index in [1.165, 1.54) is 16.8 Å². The average molecular weight is 521 g/mol. The van der Waals surface area contributed by atoms with Crippen LogP contribution in [0.2, 0.25) is 0 Å². The van der Waals surface area contributed by atoms with E-state index in [0.717, 1.165) is 41.2 Å². The van der Waals surface area contributed by atoms with Crippen molar-refractivity contribution in [2.75, 3.05) is 19.8 Å². The molecule has 0 bridgehead atoms. The molecule has 0 saturated heterocycles. The fraction of sp³-hybridized carbons (Fsp3) is 0.357. The molecule has 37 heavy (non-hydrogen) atoms. The van der Waals surface area contributed by atoms with E-state index in [0.29, 0.717) is 42.1 Å². The second kappa shape index (κ2) is 12.1. The molecule has 0 radical (unpaired) electrons. The predicted molar refractivity (Wildman–Crippen MR) is 149 cm³/mol. The molecule has 2 aromatic carbocycles. The van der Waals surface area contributed by atoms with Crippen molar-refractivity contribution in [1.82, 2.24) is 5.01 Å². The Labute approximate surface area is 221 Å². The first-order chi connectivity index (χ1) is 17.9. The van der Waals surface area contributed by atoms with Crippen molar-refractivity contribution in [3.8, 4) is 17.2 Å². The zero-order valence-electron chi connectivity index (χ0n) is 21.7. The number of nitrogens with zero attached hydrogens (tertiary/aromatic N) is 3. The number of hydrogen-bond donors (Lipinski definition) is 1. The van der Waals surface area contributed by atoms with Crippen LogP contribution in [0.15, 0.2) is 52.1 Å². The molecular weight excluding hydrogens is 488 g/mol. The number of carbonyl (C=O) groups is 1. The van der Waals surface area contributed by atoms with E-state index in [9.17, 15) is 4.79 Å². The minimum atomic E-state index is -0.447. The second-order valence-corrected chi connectivity index (χ2v) is 9.82. The number of thioether (sulfide) groups is 1. The molecule has 0 aliphatic carbocycles. The van der Waals surface area contributed by atoms with Gasteiger partial charge in [0.25, 0.3) is 5.91 Å². The quantitative estimate of drug-likeness (QED) is 0.290. The number of benzene rings is 2. The summed E-state index contributed by atoms with van der Waals surface area (Å²) in [4.78, 5) is 16.9. The fourth-order valence-corrected chi connectivity index (χ4v) is 4.88. The largest absolute Gasteiger partial charge is 0.490 e. The Morgan fingerprint density at radius 2 is 1.76 bits per heavy atom. The van der Waals surface area contributed by atoms with E-state index in [2.05, 4.69) is 23.1 Å². The van der Waals surface area contributed by atoms with E-state index in [1.54, 1.807) is 18.2 Å². The SMILES string of the molecule is CCCCC1=NN2C(=N)C(=Cc3ccc(OCCOc4cc(C)cc(C)c4)c(OCC)c3)C(=O)N=C2S1. The lowest BCUT2D eigenvalue weighted by atomic mass is 10.1. The fourth-order valence-electron chi connectivity index (χ4n) is 3.96. The van der Waals surface area contributed by atoms with Gasteiger partial charge in [0.15, 0.2) is 17.3 Å². The number of fused-ring (bicyclic) bond motifs is 1. The Morgan fingerprint density at radius 3 is 2.49 bits per heavy atom. The number of amidine groups is 2. The third-order valence-corrected chi connectivity index (χ3v) is 6.59. The lowest BCUT2D eigenvalue weighted by Crippen LogP contribution is -2.35. The van der Waals surface area contributed by atoms with Gasteiger partial charge in [0, 0.05) is 0 Å². The van der Waals surface area contributed by atoms with Gasteiger partial charge in [-0.3, -0.25) is 10.2 Å². The van der Waals surface area contributed by atoms with Crippen LogP contribution in [0, 0.1) is 19.3 Å². The van der Waals surface area contributed by atoms with Crippen molar-refractivity contribution in [2.24, 2.45) is 10.1 Å². The summed E-state index contributed by atoms with van der Waals surface area (Å²) in [5, 5.41) is 15.8. The standard InChI is InChI=1S/C28H32N4O4S/c1-5-7-8-25-31-32-26(29)22(27(33)30-28(32)37-25)16-20-9-10-23(24(17-20)34-6-2)36-12-11-35-21-14-18(3)13-19(4)15-21/h9-10,13-17,29H,5-8,11-12H2,1-4H3. The van der Waals surface area contributed by atoms with Gasteiger partial charge in [-0.2, -0.15) is 15.1 Å². The minimum absolute atomic E-state index is 0.0239. The number of carbonyl (C=O) groups excluding carboxylic acids is 1. The van der Waals surface area contributed by atoms with Crippen molar-refractivity contribution < 1.29 is 19.0 Å². The van der Waals surface area contributed by atoms with E-state index >= 15 is 0 Å². The van der Waals surface area contributed by atoms with Crippen LogP contribution in [0.25, 0.3) is 6.08 Å². The summed E-state index contributed by atoms with van der Waals surface area (Å²) in [5.74, 6) is 1.53. The molecule has 0 saturated carbocycles. The van der Waals surface area contributed by atoms with E-state index in [1.807, 2.05) is 39.0 Å². The van der Waals surface area contributed by atoms with Crippen molar-refractivity contribution in [1.29, 1.82) is 5.41 Å². The van der Waals surface area contributed by atoms with Crippen LogP contribution in [0.4, 0.5) is 0 Å². The third kappa shape index (κ3) is 6.60. The first-order valence-electron chi connectivity index (χ1n) is 12.5. The van der Waals surface area contributed by atoms with Gasteiger partial charge >= 0.3 is 0 Å². The number of ether oxygens (including phenoxy) is 3. The monoisotopic (exact) mass is 520 g/mol. The molecule has 8 nitrogen and oxygen atoms in total. The van der Waals surface area contributed by atoms with E-state index in [-0.39, 0.29) is 11.4 Å². The number of nitrogens with one attached hydrogen (secondary N) is 1. The second-order valence-electron chi connectivity index (χ2n) is 8.78. The number of rotatable bonds is 11. The lowest BCUT2D eigenvalue weighted by molar-refractivity contribution is -0.114. The highest BCUT2D eigenvalue weighted by atomic mass is 32.2. The maximum absolute atomic E-state index is 12.7. The molecule has 194 valence electrons. The molecule has 0 unspecified atom stereocenters. The summed E-state index contributed by atoms with van der Waals surface area (Å²) in [6.45, 7) is 9.28. The van der Waals surface area contributed by atoms with Gasteiger partial charge in [0.05, 0.1) is 12.2 Å². The first kappa shape index (κ1) is 26.5. The topological polar surface area (TPSA) is 96.6 Å². The number of amides is 1. The molecule has 9 heteroatoms. The van der Waals surface area contributed by atoms with Crippen LogP contribution in [0.5, 0.6) is 17.2 Å². The Hall–Kier alpha value is -3.59. The van der Waals surface area contributed by atoms with Gasteiger partial charge in [0.1, 0.15) is 24.0 Å². The molecule has 1 amide bonds. The maximum Gasteiger partial charge on any atom is 0.283 e. The molecule has 0 atom stereocenters. The van der Waals surface area contributed by atoms with Gasteiger partial charge < -0.3 is 14.2 Å². The van der Waals surface area contributed by atoms with Crippen LogP contribution >= 0.6 is 11.8 Å². The molecule has 4 rings (SSSR count). The number of unbranched alkanes of at least 4 members (excludes halogenated alkanes) is 1. The summed E-state index contributed by atoms with van der Waals surface area (Å²) in [6, 6.07) is 11.5. The van der Waals surface area contributed by atoms with Crippen molar-refractivity contribution in [3.63, 3.8) is 0 Å². The van der Waals surface area contributed by atoms with Gasteiger partial charge in [-0.15, -0.1) is 0 Å². The summed E-state index contributed by atoms with van der Waals surface area (Å²) < 4.78 is 17.6. The maximum atomic E-state index is 12.7. The molecule has 2 heterocycles. The summed E-state index contributed by atoms with van der Waals surface area (Å²) in [6.07, 6.45) is 4.51. The van der Waals surface area contributed by atoms with Crippen LogP contribution < -0.4 is 14.2 Å². The molecule has 0 fully saturated rings. The number of hydrazone groups is 1. The van der Waals surface area contributed by atoms with Gasteiger partial charge in [-0.05, 0) is 92.4 Å². The number of aryl methyl sites for hydroxylation is 2. The number of aliphatic imine (C=N–C) groups is 1. The molecule has 2 aromatic rings. The zero-order valence-corrected chi connectivity index (χ0v) is 22.5. The molecular formula is C28H32N4O4S.